The van der Waals surface area contributed by atoms with Crippen molar-refractivity contribution in [2.24, 2.45) is 0 Å². The second-order valence-electron chi connectivity index (χ2n) is 6.81. The number of pyridine rings is 1. The van der Waals surface area contributed by atoms with Gasteiger partial charge in [0.05, 0.1) is 5.69 Å². The number of hydrogen-bond donors (Lipinski definition) is 0. The minimum Gasteiger partial charge on any atom is -0.457 e. The summed E-state index contributed by atoms with van der Waals surface area (Å²) in [6.07, 6.45) is 1.75. The van der Waals surface area contributed by atoms with Gasteiger partial charge in [0.1, 0.15) is 0 Å². The molecule has 0 aliphatic carbocycles. The Morgan fingerprint density at radius 1 is 0.844 bits per heavy atom. The van der Waals surface area contributed by atoms with Crippen LogP contribution in [0.25, 0.3) is 22.6 Å². The Bertz CT molecular complexity index is 1000. The van der Waals surface area contributed by atoms with E-state index < -0.39 is 7.25 Å². The third-order valence-electron chi connectivity index (χ3n) is 3.97. The molecule has 0 atom stereocenters. The van der Waals surface area contributed by atoms with Gasteiger partial charge in [-0.3, -0.25) is 4.98 Å². The van der Waals surface area contributed by atoms with E-state index in [0.29, 0.717) is 11.7 Å². The van der Waals surface area contributed by atoms with Crippen LogP contribution in [0.1, 0.15) is 30.9 Å². The van der Waals surface area contributed by atoms with Crippen LogP contribution in [0, 0.1) is 6.92 Å². The fourth-order valence-corrected chi connectivity index (χ4v) is 2.47. The van der Waals surface area contributed by atoms with Gasteiger partial charge in [-0.15, -0.1) is 0 Å². The Morgan fingerprint density at radius 2 is 1.41 bits per heavy atom. The molecule has 32 heavy (non-hydrogen) atoms. The Balaban J connectivity index is 0.000000497. The van der Waals surface area contributed by atoms with Crippen LogP contribution < -0.4 is 4.98 Å². The predicted molar refractivity (Wildman–Crippen MR) is 119 cm³/mol. The Labute approximate surface area is 197 Å². The Morgan fingerprint density at radius 3 is 1.91 bits per heavy atom. The SMILES string of the molecule is Cc1ccc(C(C)C)cc1.F[B-](F)(F)F.[OH3+].[Ru+2].c1ccc(-c2nc3ccccc3[n-]2)nc1. The van der Waals surface area contributed by atoms with Gasteiger partial charge in [0.2, 0.25) is 0 Å². The number of benzene rings is 2. The number of nitrogens with zero attached hydrogens (tertiary/aromatic N) is 3. The van der Waals surface area contributed by atoms with Gasteiger partial charge in [0.15, 0.2) is 0 Å². The van der Waals surface area contributed by atoms with Crippen LogP contribution in [0.4, 0.5) is 17.3 Å². The van der Waals surface area contributed by atoms with Crippen molar-refractivity contribution in [1.82, 2.24) is 15.0 Å². The van der Waals surface area contributed by atoms with Crippen LogP contribution in [-0.2, 0) is 25.0 Å². The largest absolute Gasteiger partial charge is 2.00 e. The zero-order chi connectivity index (χ0) is 22.1. The van der Waals surface area contributed by atoms with Crippen molar-refractivity contribution in [2.45, 2.75) is 26.7 Å². The van der Waals surface area contributed by atoms with Crippen LogP contribution in [0.15, 0.2) is 72.9 Å². The molecule has 0 saturated carbocycles. The van der Waals surface area contributed by atoms with Crippen LogP contribution >= 0.6 is 0 Å². The molecule has 0 fully saturated rings. The van der Waals surface area contributed by atoms with Crippen LogP contribution in [0.2, 0.25) is 0 Å². The molecule has 0 aliphatic heterocycles. The van der Waals surface area contributed by atoms with E-state index in [1.165, 1.54) is 11.1 Å². The summed E-state index contributed by atoms with van der Waals surface area (Å²) in [6.45, 7) is 6.54. The fraction of sp³-hybridized carbons (Fsp3) is 0.182. The standard InChI is InChI=1S/C12H8N3.C10H14.BF4.H2O.Ru/c1-2-6-10-9(5-1)14-12(15-10)11-7-3-4-8-13-11;1-8(2)10-6-4-9(3)5-7-10;2-1(3,4)5;;/h1-8H;4-8H,1-3H3;;1H2;/q-1;;-1;;+2/p+1. The minimum atomic E-state index is -6.00. The Kier molecular flexibility index (Phi) is 12.7. The first-order chi connectivity index (χ1) is 14.1. The van der Waals surface area contributed by atoms with Gasteiger partial charge in [-0.2, -0.15) is 0 Å². The van der Waals surface area contributed by atoms with E-state index in [9.17, 15) is 17.3 Å². The quantitative estimate of drug-likeness (QED) is 0.187. The van der Waals surface area contributed by atoms with Crippen molar-refractivity contribution in [1.29, 1.82) is 0 Å². The van der Waals surface area contributed by atoms with E-state index >= 15 is 0 Å². The average Bonchev–Trinajstić information content (AvgIpc) is 3.13. The normalized spacial score (nSPS) is 10.1. The van der Waals surface area contributed by atoms with Gasteiger partial charge in [-0.05, 0) is 47.4 Å². The summed E-state index contributed by atoms with van der Waals surface area (Å²) in [6, 6.07) is 22.3. The van der Waals surface area contributed by atoms with Crippen LogP contribution in [-0.4, -0.2) is 17.2 Å². The summed E-state index contributed by atoms with van der Waals surface area (Å²) in [5, 5.41) is 0. The molecule has 0 aliphatic rings. The molecule has 0 unspecified atom stereocenters. The van der Waals surface area contributed by atoms with E-state index in [2.05, 4.69) is 60.0 Å². The van der Waals surface area contributed by atoms with Crippen molar-refractivity contribution in [2.75, 3.05) is 0 Å². The summed E-state index contributed by atoms with van der Waals surface area (Å²) >= 11 is 0. The van der Waals surface area contributed by atoms with Gasteiger partial charge in [-0.25, -0.2) is 0 Å². The van der Waals surface area contributed by atoms with Crippen molar-refractivity contribution >= 4 is 18.3 Å². The molecule has 0 amide bonds. The second-order valence-corrected chi connectivity index (χ2v) is 6.81. The molecule has 0 bridgehead atoms. The third kappa shape index (κ3) is 10.6. The first-order valence-corrected chi connectivity index (χ1v) is 9.38. The van der Waals surface area contributed by atoms with Gasteiger partial charge in [-0.1, -0.05) is 74.0 Å². The molecule has 2 aromatic heterocycles. The van der Waals surface area contributed by atoms with Crippen molar-refractivity contribution in [3.8, 4) is 11.5 Å². The summed E-state index contributed by atoms with van der Waals surface area (Å²) in [5.41, 5.74) is 5.40. The molecule has 2 aromatic carbocycles. The van der Waals surface area contributed by atoms with Crippen LogP contribution in [0.5, 0.6) is 0 Å². The van der Waals surface area contributed by atoms with Crippen LogP contribution in [0.3, 0.4) is 0 Å². The number of hydrogen-bond acceptors (Lipinski definition) is 2. The molecule has 172 valence electrons. The zero-order valence-electron chi connectivity index (χ0n) is 17.9. The molecular weight excluding hydrogens is 510 g/mol. The summed E-state index contributed by atoms with van der Waals surface area (Å²) in [5.74, 6) is 1.34. The number of rotatable bonds is 2. The van der Waals surface area contributed by atoms with Gasteiger partial charge < -0.3 is 32.7 Å². The molecule has 4 nitrogen and oxygen atoms in total. The van der Waals surface area contributed by atoms with E-state index in [-0.39, 0.29) is 25.0 Å². The molecule has 0 radical (unpaired) electrons. The van der Waals surface area contributed by atoms with Gasteiger partial charge in [0, 0.05) is 6.20 Å². The maximum Gasteiger partial charge on any atom is 2.00 e. The number of aromatic nitrogens is 3. The smallest absolute Gasteiger partial charge is 0.457 e. The van der Waals surface area contributed by atoms with Crippen molar-refractivity contribution < 1.29 is 42.2 Å². The number of fused-ring (bicyclic) bond motifs is 1. The maximum atomic E-state index is 9.75. The van der Waals surface area contributed by atoms with E-state index in [4.69, 9.17) is 0 Å². The zero-order valence-corrected chi connectivity index (χ0v) is 19.6. The second kappa shape index (κ2) is 13.8. The number of halogens is 4. The van der Waals surface area contributed by atoms with E-state index in [1.807, 2.05) is 42.5 Å². The van der Waals surface area contributed by atoms with Crippen molar-refractivity contribution in [3.05, 3.63) is 84.1 Å². The van der Waals surface area contributed by atoms with Gasteiger partial charge >= 0.3 is 26.7 Å². The summed E-state index contributed by atoms with van der Waals surface area (Å²) in [7, 11) is -6.00. The average molecular weight is 535 g/mol. The molecular formula is C22H25BF4N3ORu+. The van der Waals surface area contributed by atoms with E-state index in [0.717, 1.165) is 16.7 Å². The first kappa shape index (κ1) is 29.4. The maximum absolute atomic E-state index is 9.75. The molecule has 3 N–H and O–H groups in total. The number of imidazole rings is 1. The molecule has 2 heterocycles. The summed E-state index contributed by atoms with van der Waals surface area (Å²) in [4.78, 5) is 13.0. The first-order valence-electron chi connectivity index (χ1n) is 9.38. The van der Waals surface area contributed by atoms with Crippen molar-refractivity contribution in [3.63, 3.8) is 0 Å². The Hall–Kier alpha value is -2.57. The minimum absolute atomic E-state index is 0. The summed E-state index contributed by atoms with van der Waals surface area (Å²) < 4.78 is 39.0. The van der Waals surface area contributed by atoms with E-state index in [1.54, 1.807) is 6.20 Å². The topological polar surface area (TPSA) is 72.9 Å². The molecule has 4 aromatic rings. The number of aryl methyl sites for hydroxylation is 1. The molecule has 0 saturated heterocycles. The monoisotopic (exact) mass is 536 g/mol. The molecule has 0 spiro atoms. The molecule has 10 heteroatoms. The third-order valence-corrected chi connectivity index (χ3v) is 3.97. The molecule has 4 rings (SSSR count). The fourth-order valence-electron chi connectivity index (χ4n) is 2.47. The van der Waals surface area contributed by atoms with Gasteiger partial charge in [0.25, 0.3) is 0 Å². The number of para-hydroxylation sites is 2. The predicted octanol–water partition coefficient (Wildman–Crippen LogP) is 5.75.